The van der Waals surface area contributed by atoms with E-state index in [2.05, 4.69) is 37.3 Å². The van der Waals surface area contributed by atoms with Gasteiger partial charge in [-0.25, -0.2) is 0 Å². The third-order valence-electron chi connectivity index (χ3n) is 3.50. The number of fused-ring (bicyclic) bond motifs is 1. The Morgan fingerprint density at radius 1 is 1.25 bits per heavy atom. The second-order valence-electron chi connectivity index (χ2n) is 5.67. The third-order valence-corrected chi connectivity index (χ3v) is 3.50. The minimum absolute atomic E-state index is 0.486. The first kappa shape index (κ1) is 15.1. The fourth-order valence-corrected chi connectivity index (χ4v) is 2.23. The van der Waals surface area contributed by atoms with Crippen LogP contribution in [0.4, 0.5) is 0 Å². The largest absolute Gasteiger partial charge is 0.490 e. The predicted octanol–water partition coefficient (Wildman–Crippen LogP) is 2.28. The van der Waals surface area contributed by atoms with E-state index < -0.39 is 0 Å². The van der Waals surface area contributed by atoms with Crippen molar-refractivity contribution in [2.24, 2.45) is 0 Å². The van der Waals surface area contributed by atoms with Crippen molar-refractivity contribution < 1.29 is 9.47 Å². The maximum atomic E-state index is 5.84. The van der Waals surface area contributed by atoms with Gasteiger partial charge in [0.1, 0.15) is 0 Å². The molecule has 0 aliphatic carbocycles. The summed E-state index contributed by atoms with van der Waals surface area (Å²) in [6.45, 7) is 5.62. The van der Waals surface area contributed by atoms with E-state index in [1.807, 2.05) is 12.1 Å². The standard InChI is InChI=1S/C16H26N2O2/c1-13(8-9-18(2)3)17-12-14-6-4-7-15-16(14)20-11-5-10-19-15/h4,6-7,13,17H,5,8-12H2,1-3H3. The zero-order valence-corrected chi connectivity index (χ0v) is 12.8. The van der Waals surface area contributed by atoms with Gasteiger partial charge in [0.2, 0.25) is 0 Å². The second-order valence-corrected chi connectivity index (χ2v) is 5.67. The maximum absolute atomic E-state index is 5.84. The maximum Gasteiger partial charge on any atom is 0.165 e. The van der Waals surface area contributed by atoms with Crippen molar-refractivity contribution >= 4 is 0 Å². The Morgan fingerprint density at radius 2 is 2.05 bits per heavy atom. The Hall–Kier alpha value is -1.26. The van der Waals surface area contributed by atoms with Crippen molar-refractivity contribution in [2.75, 3.05) is 33.9 Å². The monoisotopic (exact) mass is 278 g/mol. The van der Waals surface area contributed by atoms with Crippen molar-refractivity contribution in [1.29, 1.82) is 0 Å². The quantitative estimate of drug-likeness (QED) is 0.865. The lowest BCUT2D eigenvalue weighted by Crippen LogP contribution is -2.29. The van der Waals surface area contributed by atoms with Gasteiger partial charge in [-0.1, -0.05) is 12.1 Å². The van der Waals surface area contributed by atoms with Gasteiger partial charge in [-0.3, -0.25) is 0 Å². The number of nitrogens with one attached hydrogen (secondary N) is 1. The van der Waals surface area contributed by atoms with Crippen LogP contribution in [0.2, 0.25) is 0 Å². The van der Waals surface area contributed by atoms with Gasteiger partial charge in [-0.15, -0.1) is 0 Å². The summed E-state index contributed by atoms with van der Waals surface area (Å²) < 4.78 is 11.6. The SMILES string of the molecule is CC(CCN(C)C)NCc1cccc2c1OCCCO2. The molecule has 1 aliphatic rings. The van der Waals surface area contributed by atoms with Crippen LogP contribution in [0.15, 0.2) is 18.2 Å². The highest BCUT2D eigenvalue weighted by Crippen LogP contribution is 2.33. The Balaban J connectivity index is 1.92. The van der Waals surface area contributed by atoms with E-state index in [0.29, 0.717) is 6.04 Å². The molecule has 1 aromatic rings. The molecule has 1 unspecified atom stereocenters. The first-order chi connectivity index (χ1) is 9.66. The van der Waals surface area contributed by atoms with Crippen molar-refractivity contribution in [2.45, 2.75) is 32.4 Å². The molecule has 1 atom stereocenters. The lowest BCUT2D eigenvalue weighted by atomic mass is 10.1. The Kier molecular flexibility index (Phi) is 5.68. The predicted molar refractivity (Wildman–Crippen MR) is 81.5 cm³/mol. The molecule has 4 heteroatoms. The topological polar surface area (TPSA) is 33.7 Å². The molecule has 20 heavy (non-hydrogen) atoms. The molecule has 0 amide bonds. The molecule has 0 bridgehead atoms. The number of hydrogen-bond donors (Lipinski definition) is 1. The molecular formula is C16H26N2O2. The molecule has 0 saturated heterocycles. The van der Waals surface area contributed by atoms with Gasteiger partial charge in [-0.2, -0.15) is 0 Å². The van der Waals surface area contributed by atoms with Gasteiger partial charge in [0.05, 0.1) is 13.2 Å². The number of para-hydroxylation sites is 1. The number of hydrogen-bond acceptors (Lipinski definition) is 4. The molecule has 1 heterocycles. The number of benzene rings is 1. The molecule has 0 aromatic heterocycles. The average Bonchev–Trinajstić information content (AvgIpc) is 2.68. The summed E-state index contributed by atoms with van der Waals surface area (Å²) in [7, 11) is 4.21. The molecule has 0 spiro atoms. The Bertz CT molecular complexity index is 421. The summed E-state index contributed by atoms with van der Waals surface area (Å²) in [6.07, 6.45) is 2.08. The minimum atomic E-state index is 0.486. The van der Waals surface area contributed by atoms with Crippen LogP contribution in [0, 0.1) is 0 Å². The van der Waals surface area contributed by atoms with Gasteiger partial charge in [0.15, 0.2) is 11.5 Å². The smallest absolute Gasteiger partial charge is 0.165 e. The number of nitrogens with zero attached hydrogens (tertiary/aromatic N) is 1. The molecule has 2 rings (SSSR count). The first-order valence-corrected chi connectivity index (χ1v) is 7.42. The Labute approximate surface area is 122 Å². The summed E-state index contributed by atoms with van der Waals surface area (Å²) in [4.78, 5) is 2.21. The lowest BCUT2D eigenvalue weighted by molar-refractivity contribution is 0.295. The fraction of sp³-hybridized carbons (Fsp3) is 0.625. The van der Waals surface area contributed by atoms with E-state index >= 15 is 0 Å². The highest BCUT2D eigenvalue weighted by Gasteiger charge is 2.14. The van der Waals surface area contributed by atoms with Gasteiger partial charge < -0.3 is 19.7 Å². The van der Waals surface area contributed by atoms with Gasteiger partial charge >= 0.3 is 0 Å². The molecule has 0 radical (unpaired) electrons. The number of ether oxygens (including phenoxy) is 2. The summed E-state index contributed by atoms with van der Waals surface area (Å²) in [5, 5.41) is 3.56. The van der Waals surface area contributed by atoms with E-state index in [0.717, 1.165) is 50.6 Å². The van der Waals surface area contributed by atoms with Gasteiger partial charge in [0, 0.05) is 24.6 Å². The molecule has 0 saturated carbocycles. The molecular weight excluding hydrogens is 252 g/mol. The van der Waals surface area contributed by atoms with Crippen LogP contribution in [0.25, 0.3) is 0 Å². The minimum Gasteiger partial charge on any atom is -0.490 e. The van der Waals surface area contributed by atoms with Crippen LogP contribution in [0.1, 0.15) is 25.3 Å². The average molecular weight is 278 g/mol. The normalized spacial score (nSPS) is 16.0. The molecule has 1 aromatic carbocycles. The zero-order valence-electron chi connectivity index (χ0n) is 12.8. The molecule has 1 N–H and O–H groups in total. The molecule has 4 nitrogen and oxygen atoms in total. The lowest BCUT2D eigenvalue weighted by Gasteiger charge is -2.18. The van der Waals surface area contributed by atoms with Crippen LogP contribution in [0.3, 0.4) is 0 Å². The first-order valence-electron chi connectivity index (χ1n) is 7.42. The molecule has 112 valence electrons. The highest BCUT2D eigenvalue weighted by atomic mass is 16.5. The van der Waals surface area contributed by atoms with Crippen molar-refractivity contribution in [3.63, 3.8) is 0 Å². The fourth-order valence-electron chi connectivity index (χ4n) is 2.23. The third kappa shape index (κ3) is 4.39. The molecule has 1 aliphatic heterocycles. The molecule has 0 fully saturated rings. The van der Waals surface area contributed by atoms with Crippen LogP contribution in [-0.2, 0) is 6.54 Å². The number of rotatable bonds is 6. The Morgan fingerprint density at radius 3 is 2.85 bits per heavy atom. The van der Waals surface area contributed by atoms with Crippen molar-refractivity contribution in [3.05, 3.63) is 23.8 Å². The zero-order chi connectivity index (χ0) is 14.4. The van der Waals surface area contributed by atoms with Crippen molar-refractivity contribution in [3.8, 4) is 11.5 Å². The van der Waals surface area contributed by atoms with E-state index in [1.165, 1.54) is 5.56 Å². The van der Waals surface area contributed by atoms with E-state index in [-0.39, 0.29) is 0 Å². The van der Waals surface area contributed by atoms with Crippen LogP contribution < -0.4 is 14.8 Å². The summed E-state index contributed by atoms with van der Waals surface area (Å²) in [5.41, 5.74) is 1.18. The van der Waals surface area contributed by atoms with Crippen LogP contribution in [-0.4, -0.2) is 44.8 Å². The van der Waals surface area contributed by atoms with Crippen LogP contribution >= 0.6 is 0 Å². The van der Waals surface area contributed by atoms with Gasteiger partial charge in [-0.05, 0) is 40.1 Å². The van der Waals surface area contributed by atoms with Gasteiger partial charge in [0.25, 0.3) is 0 Å². The van der Waals surface area contributed by atoms with E-state index in [9.17, 15) is 0 Å². The van der Waals surface area contributed by atoms with E-state index in [1.54, 1.807) is 0 Å². The highest BCUT2D eigenvalue weighted by molar-refractivity contribution is 5.47. The summed E-state index contributed by atoms with van der Waals surface area (Å²) in [5.74, 6) is 1.79. The second kappa shape index (κ2) is 7.50. The van der Waals surface area contributed by atoms with Crippen molar-refractivity contribution in [1.82, 2.24) is 10.2 Å². The summed E-state index contributed by atoms with van der Waals surface area (Å²) in [6, 6.07) is 6.62. The van der Waals surface area contributed by atoms with E-state index in [4.69, 9.17) is 9.47 Å². The summed E-state index contributed by atoms with van der Waals surface area (Å²) >= 11 is 0. The van der Waals surface area contributed by atoms with Crippen LogP contribution in [0.5, 0.6) is 11.5 Å².